The largest absolute Gasteiger partial charge is 0.481 e. The molecule has 1 N–H and O–H groups in total. The zero-order valence-electron chi connectivity index (χ0n) is 9.10. The molecule has 0 radical (unpaired) electrons. The summed E-state index contributed by atoms with van der Waals surface area (Å²) in [5.74, 6) is -0.664. The molecule has 1 unspecified atom stereocenters. The van der Waals surface area contributed by atoms with Crippen LogP contribution in [0.4, 0.5) is 4.39 Å². The molecule has 17 heavy (non-hydrogen) atoms. The molecular weight excluding hydrogens is 225 g/mol. The smallest absolute Gasteiger partial charge is 0.307 e. The van der Waals surface area contributed by atoms with Gasteiger partial charge in [0.1, 0.15) is 11.9 Å². The Morgan fingerprint density at radius 3 is 2.82 bits per heavy atom. The third-order valence-corrected chi connectivity index (χ3v) is 2.44. The Labute approximate surface area is 97.7 Å². The van der Waals surface area contributed by atoms with E-state index in [9.17, 15) is 9.18 Å². The van der Waals surface area contributed by atoms with Gasteiger partial charge in [-0.1, -0.05) is 12.1 Å². The summed E-state index contributed by atoms with van der Waals surface area (Å²) in [6.45, 7) is 0.378. The second-order valence-corrected chi connectivity index (χ2v) is 3.88. The van der Waals surface area contributed by atoms with Crippen LogP contribution in [0.1, 0.15) is 12.0 Å². The Kier molecular flexibility index (Phi) is 3.37. The maximum Gasteiger partial charge on any atom is 0.307 e. The predicted molar refractivity (Wildman–Crippen MR) is 59.5 cm³/mol. The van der Waals surface area contributed by atoms with E-state index in [2.05, 4.69) is 4.99 Å². The molecule has 1 aromatic rings. The van der Waals surface area contributed by atoms with E-state index >= 15 is 0 Å². The molecule has 0 saturated heterocycles. The Bertz CT molecular complexity index is 442. The number of ether oxygens (including phenoxy) is 1. The summed E-state index contributed by atoms with van der Waals surface area (Å²) >= 11 is 0. The monoisotopic (exact) mass is 237 g/mol. The third kappa shape index (κ3) is 3.27. The first-order valence-corrected chi connectivity index (χ1v) is 5.29. The highest BCUT2D eigenvalue weighted by Gasteiger charge is 2.22. The van der Waals surface area contributed by atoms with E-state index in [1.165, 1.54) is 12.1 Å². The van der Waals surface area contributed by atoms with E-state index in [1.807, 2.05) is 0 Å². The summed E-state index contributed by atoms with van der Waals surface area (Å²) in [5.41, 5.74) is 0.890. The summed E-state index contributed by atoms with van der Waals surface area (Å²) in [6, 6.07) is 6.07. The van der Waals surface area contributed by atoms with Gasteiger partial charge in [-0.2, -0.15) is 0 Å². The predicted octanol–water partition coefficient (Wildman–Crippen LogP) is 1.64. The van der Waals surface area contributed by atoms with Gasteiger partial charge in [0.25, 0.3) is 0 Å². The first kappa shape index (κ1) is 11.6. The van der Waals surface area contributed by atoms with Crippen molar-refractivity contribution >= 4 is 11.9 Å². The molecule has 0 aromatic heterocycles. The van der Waals surface area contributed by atoms with Crippen molar-refractivity contribution in [3.05, 3.63) is 35.6 Å². The molecule has 1 aliphatic rings. The molecule has 1 heterocycles. The van der Waals surface area contributed by atoms with Crippen molar-refractivity contribution in [1.29, 1.82) is 0 Å². The second-order valence-electron chi connectivity index (χ2n) is 3.88. The fourth-order valence-corrected chi connectivity index (χ4v) is 1.65. The van der Waals surface area contributed by atoms with Gasteiger partial charge >= 0.3 is 5.97 Å². The molecule has 90 valence electrons. The number of nitrogens with zero attached hydrogens (tertiary/aromatic N) is 1. The van der Waals surface area contributed by atoms with Crippen LogP contribution in [-0.2, 0) is 16.0 Å². The van der Waals surface area contributed by atoms with Crippen LogP contribution in [0, 0.1) is 5.82 Å². The van der Waals surface area contributed by atoms with Crippen LogP contribution in [0.5, 0.6) is 0 Å². The third-order valence-electron chi connectivity index (χ3n) is 2.44. The lowest BCUT2D eigenvalue weighted by Gasteiger charge is -2.08. The molecule has 1 aromatic carbocycles. The van der Waals surface area contributed by atoms with Crippen LogP contribution < -0.4 is 0 Å². The highest BCUT2D eigenvalue weighted by atomic mass is 19.1. The molecule has 0 amide bonds. The number of carboxylic acid groups (broad SMARTS) is 1. The molecule has 0 bridgehead atoms. The summed E-state index contributed by atoms with van der Waals surface area (Å²) in [5, 5.41) is 8.61. The molecule has 4 nitrogen and oxygen atoms in total. The molecular formula is C12H12FNO3. The highest BCUT2D eigenvalue weighted by molar-refractivity contribution is 5.80. The van der Waals surface area contributed by atoms with Crippen LogP contribution in [0.25, 0.3) is 0 Å². The lowest BCUT2D eigenvalue weighted by Crippen LogP contribution is -2.18. The molecule has 1 atom stereocenters. The van der Waals surface area contributed by atoms with E-state index < -0.39 is 5.97 Å². The van der Waals surface area contributed by atoms with Crippen LogP contribution in [-0.4, -0.2) is 29.6 Å². The number of rotatable bonds is 4. The number of carbonyl (C=O) groups is 1. The van der Waals surface area contributed by atoms with Crippen LogP contribution in [0.3, 0.4) is 0 Å². The van der Waals surface area contributed by atoms with E-state index in [4.69, 9.17) is 9.84 Å². The quantitative estimate of drug-likeness (QED) is 0.866. The first-order chi connectivity index (χ1) is 8.13. The number of benzene rings is 1. The van der Waals surface area contributed by atoms with E-state index in [0.717, 1.165) is 5.56 Å². The van der Waals surface area contributed by atoms with Gasteiger partial charge in [-0.25, -0.2) is 4.39 Å². The van der Waals surface area contributed by atoms with Gasteiger partial charge < -0.3 is 9.84 Å². The van der Waals surface area contributed by atoms with Gasteiger partial charge in [0.15, 0.2) is 5.90 Å². The number of aliphatic imine (C=N–C) groups is 1. The van der Waals surface area contributed by atoms with Crippen molar-refractivity contribution in [3.63, 3.8) is 0 Å². The Hall–Kier alpha value is -1.91. The Morgan fingerprint density at radius 2 is 2.18 bits per heavy atom. The number of halogens is 1. The fourth-order valence-electron chi connectivity index (χ4n) is 1.65. The van der Waals surface area contributed by atoms with Crippen molar-refractivity contribution in [2.24, 2.45) is 4.99 Å². The average molecular weight is 237 g/mol. The van der Waals surface area contributed by atoms with Crippen molar-refractivity contribution in [3.8, 4) is 0 Å². The fraction of sp³-hybridized carbons (Fsp3) is 0.333. The number of carboxylic acids is 1. The molecule has 0 spiro atoms. The van der Waals surface area contributed by atoms with Crippen LogP contribution >= 0.6 is 0 Å². The number of hydrogen-bond acceptors (Lipinski definition) is 3. The normalized spacial score (nSPS) is 18.6. The number of aliphatic carboxylic acids is 1. The second kappa shape index (κ2) is 4.95. The van der Waals surface area contributed by atoms with Gasteiger partial charge in [-0.05, 0) is 17.7 Å². The van der Waals surface area contributed by atoms with Gasteiger partial charge in [-0.15, -0.1) is 0 Å². The minimum absolute atomic E-state index is 0.0452. The first-order valence-electron chi connectivity index (χ1n) is 5.29. The molecule has 0 saturated carbocycles. The van der Waals surface area contributed by atoms with Gasteiger partial charge in [0, 0.05) is 6.42 Å². The summed E-state index contributed by atoms with van der Waals surface area (Å²) in [7, 11) is 0. The number of hydrogen-bond donors (Lipinski definition) is 1. The molecule has 5 heteroatoms. The molecule has 2 rings (SSSR count). The Morgan fingerprint density at radius 1 is 1.47 bits per heavy atom. The minimum atomic E-state index is -0.895. The van der Waals surface area contributed by atoms with E-state index in [-0.39, 0.29) is 18.3 Å². The summed E-state index contributed by atoms with van der Waals surface area (Å²) in [6.07, 6.45) is 0.0512. The standard InChI is InChI=1S/C12H12FNO3/c13-9-3-1-8(2-4-9)5-11-14-7-10(17-11)6-12(15)16/h1-4,10H,5-7H2,(H,15,16). The molecule has 0 fully saturated rings. The van der Waals surface area contributed by atoms with Gasteiger partial charge in [0.05, 0.1) is 13.0 Å². The highest BCUT2D eigenvalue weighted by Crippen LogP contribution is 2.13. The zero-order chi connectivity index (χ0) is 12.3. The maximum absolute atomic E-state index is 12.7. The lowest BCUT2D eigenvalue weighted by molar-refractivity contribution is -0.138. The topological polar surface area (TPSA) is 58.9 Å². The van der Waals surface area contributed by atoms with Crippen LogP contribution in [0.2, 0.25) is 0 Å². The van der Waals surface area contributed by atoms with E-state index in [1.54, 1.807) is 12.1 Å². The van der Waals surface area contributed by atoms with Gasteiger partial charge in [0.2, 0.25) is 0 Å². The SMILES string of the molecule is O=C(O)CC1CN=C(Cc2ccc(F)cc2)O1. The average Bonchev–Trinajstić information content (AvgIpc) is 2.68. The summed E-state index contributed by atoms with van der Waals surface area (Å²) in [4.78, 5) is 14.6. The molecule has 1 aliphatic heterocycles. The van der Waals surface area contributed by atoms with Gasteiger partial charge in [-0.3, -0.25) is 9.79 Å². The Balaban J connectivity index is 1.89. The maximum atomic E-state index is 12.7. The van der Waals surface area contributed by atoms with E-state index in [0.29, 0.717) is 18.9 Å². The molecule has 0 aliphatic carbocycles. The minimum Gasteiger partial charge on any atom is -0.481 e. The van der Waals surface area contributed by atoms with Crippen molar-refractivity contribution in [2.75, 3.05) is 6.54 Å². The van der Waals surface area contributed by atoms with Crippen molar-refractivity contribution in [2.45, 2.75) is 18.9 Å². The van der Waals surface area contributed by atoms with Crippen LogP contribution in [0.15, 0.2) is 29.3 Å². The lowest BCUT2D eigenvalue weighted by atomic mass is 10.1. The summed E-state index contributed by atoms with van der Waals surface area (Å²) < 4.78 is 18.1. The van der Waals surface area contributed by atoms with Crippen molar-refractivity contribution in [1.82, 2.24) is 0 Å². The van der Waals surface area contributed by atoms with Crippen molar-refractivity contribution < 1.29 is 19.0 Å². The zero-order valence-corrected chi connectivity index (χ0v) is 9.10.